The van der Waals surface area contributed by atoms with Gasteiger partial charge in [0, 0.05) is 11.1 Å². The summed E-state index contributed by atoms with van der Waals surface area (Å²) < 4.78 is 10.7. The molecule has 6 nitrogen and oxygen atoms in total. The predicted molar refractivity (Wildman–Crippen MR) is 80.4 cm³/mol. The van der Waals surface area contributed by atoms with E-state index in [0.29, 0.717) is 35.0 Å². The van der Waals surface area contributed by atoms with E-state index in [1.807, 2.05) is 12.1 Å². The van der Waals surface area contributed by atoms with Crippen molar-refractivity contribution in [3.05, 3.63) is 52.8 Å². The van der Waals surface area contributed by atoms with Gasteiger partial charge in [0.25, 0.3) is 0 Å². The fourth-order valence-corrected chi connectivity index (χ4v) is 2.51. The van der Waals surface area contributed by atoms with Crippen molar-refractivity contribution in [1.82, 2.24) is 0 Å². The highest BCUT2D eigenvalue weighted by Crippen LogP contribution is 2.29. The van der Waals surface area contributed by atoms with E-state index < -0.39 is 5.97 Å². The molecular formula is C17H11NO5. The van der Waals surface area contributed by atoms with Gasteiger partial charge in [0.2, 0.25) is 0 Å². The molecule has 0 aliphatic carbocycles. The lowest BCUT2D eigenvalue weighted by molar-refractivity contribution is -0.136. The summed E-state index contributed by atoms with van der Waals surface area (Å²) >= 11 is 0. The smallest absolute Gasteiger partial charge is 0.367 e. The van der Waals surface area contributed by atoms with Crippen LogP contribution < -0.4 is 0 Å². The van der Waals surface area contributed by atoms with E-state index in [4.69, 9.17) is 9.15 Å². The lowest BCUT2D eigenvalue weighted by Gasteiger charge is -1.99. The third-order valence-corrected chi connectivity index (χ3v) is 3.76. The van der Waals surface area contributed by atoms with Crippen LogP contribution in [0, 0.1) is 0 Å². The third-order valence-electron chi connectivity index (χ3n) is 3.76. The first-order valence-corrected chi connectivity index (χ1v) is 7.00. The molecule has 2 aromatic rings. The van der Waals surface area contributed by atoms with Crippen LogP contribution in [0.25, 0.3) is 17.4 Å². The molecule has 0 saturated heterocycles. The summed E-state index contributed by atoms with van der Waals surface area (Å²) in [4.78, 5) is 27.8. The second-order valence-corrected chi connectivity index (χ2v) is 5.26. The number of fused-ring (bicyclic) bond motifs is 1. The van der Waals surface area contributed by atoms with Gasteiger partial charge >= 0.3 is 11.9 Å². The van der Waals surface area contributed by atoms with E-state index in [0.717, 1.165) is 11.1 Å². The molecule has 0 amide bonds. The van der Waals surface area contributed by atoms with Gasteiger partial charge in [0.1, 0.15) is 18.1 Å². The maximum absolute atomic E-state index is 11.6. The van der Waals surface area contributed by atoms with Crippen LogP contribution in [0.5, 0.6) is 0 Å². The number of ether oxygens (including phenoxy) is 1. The Hall–Kier alpha value is -3.15. The van der Waals surface area contributed by atoms with Crippen molar-refractivity contribution in [2.45, 2.75) is 13.5 Å². The zero-order valence-electron chi connectivity index (χ0n) is 12.2. The molecule has 2 aliphatic heterocycles. The van der Waals surface area contributed by atoms with E-state index in [1.54, 1.807) is 31.2 Å². The Morgan fingerprint density at radius 3 is 2.78 bits per heavy atom. The number of hydrogen-bond donors (Lipinski definition) is 0. The van der Waals surface area contributed by atoms with Crippen LogP contribution in [0.3, 0.4) is 0 Å². The summed E-state index contributed by atoms with van der Waals surface area (Å²) in [7, 11) is 0. The van der Waals surface area contributed by atoms with Crippen LogP contribution in [0.4, 0.5) is 0 Å². The van der Waals surface area contributed by atoms with Crippen molar-refractivity contribution >= 4 is 23.7 Å². The Morgan fingerprint density at radius 2 is 2.00 bits per heavy atom. The SMILES string of the molecule is CC1=NOC(=O)/C1=C\c1ccc(-c2ccc3c(c2)C(=O)OC3)o1. The number of furan rings is 1. The van der Waals surface area contributed by atoms with Crippen LogP contribution in [0.15, 0.2) is 45.5 Å². The normalized spacial score (nSPS) is 18.0. The highest BCUT2D eigenvalue weighted by Gasteiger charge is 2.23. The zero-order chi connectivity index (χ0) is 16.0. The number of carbonyl (C=O) groups excluding carboxylic acids is 2. The van der Waals surface area contributed by atoms with Gasteiger partial charge < -0.3 is 14.0 Å². The number of benzene rings is 1. The summed E-state index contributed by atoms with van der Waals surface area (Å²) in [5.41, 5.74) is 3.07. The van der Waals surface area contributed by atoms with Gasteiger partial charge in [-0.2, -0.15) is 0 Å². The number of esters is 1. The Morgan fingerprint density at radius 1 is 1.13 bits per heavy atom. The van der Waals surface area contributed by atoms with Crippen LogP contribution in [0.2, 0.25) is 0 Å². The van der Waals surface area contributed by atoms with E-state index in [9.17, 15) is 9.59 Å². The van der Waals surface area contributed by atoms with E-state index >= 15 is 0 Å². The van der Waals surface area contributed by atoms with Crippen molar-refractivity contribution < 1.29 is 23.6 Å². The van der Waals surface area contributed by atoms with Crippen molar-refractivity contribution in [2.24, 2.45) is 5.16 Å². The van der Waals surface area contributed by atoms with Gasteiger partial charge in [-0.3, -0.25) is 0 Å². The number of nitrogens with zero attached hydrogens (tertiary/aromatic N) is 1. The van der Waals surface area contributed by atoms with E-state index in [1.165, 1.54) is 0 Å². The first-order chi connectivity index (χ1) is 11.1. The standard InChI is InChI=1S/C17H11NO5/c1-9-13(17(20)23-18-9)7-12-4-5-15(22-12)10-2-3-11-8-21-16(19)14(11)6-10/h2-7H,8H2,1H3/b13-7-. The van der Waals surface area contributed by atoms with Gasteiger partial charge in [0.05, 0.1) is 16.8 Å². The number of hydrogen-bond acceptors (Lipinski definition) is 6. The van der Waals surface area contributed by atoms with E-state index in [2.05, 4.69) is 9.99 Å². The van der Waals surface area contributed by atoms with Crippen molar-refractivity contribution in [3.8, 4) is 11.3 Å². The van der Waals surface area contributed by atoms with Gasteiger partial charge in [-0.25, -0.2) is 9.59 Å². The minimum Gasteiger partial charge on any atom is -0.457 e. The third kappa shape index (κ3) is 2.24. The largest absolute Gasteiger partial charge is 0.457 e. The summed E-state index contributed by atoms with van der Waals surface area (Å²) in [6, 6.07) is 8.99. The molecule has 4 rings (SSSR count). The fourth-order valence-electron chi connectivity index (χ4n) is 2.51. The number of oxime groups is 1. The molecule has 2 aliphatic rings. The minimum atomic E-state index is -0.499. The van der Waals surface area contributed by atoms with Gasteiger partial charge in [-0.1, -0.05) is 17.3 Å². The van der Waals surface area contributed by atoms with Crippen molar-refractivity contribution in [1.29, 1.82) is 0 Å². The average molecular weight is 309 g/mol. The molecule has 0 N–H and O–H groups in total. The lowest BCUT2D eigenvalue weighted by atomic mass is 10.0. The summed E-state index contributed by atoms with van der Waals surface area (Å²) in [6.45, 7) is 2.00. The highest BCUT2D eigenvalue weighted by atomic mass is 16.7. The zero-order valence-corrected chi connectivity index (χ0v) is 12.2. The highest BCUT2D eigenvalue weighted by molar-refractivity contribution is 6.24. The summed E-state index contributed by atoms with van der Waals surface area (Å²) in [5.74, 6) is 0.281. The monoisotopic (exact) mass is 309 g/mol. The molecule has 1 aromatic heterocycles. The lowest BCUT2D eigenvalue weighted by Crippen LogP contribution is -2.01. The molecule has 6 heteroatoms. The first kappa shape index (κ1) is 13.5. The second kappa shape index (κ2) is 4.95. The van der Waals surface area contributed by atoms with Gasteiger partial charge in [-0.05, 0) is 31.2 Å². The maximum atomic E-state index is 11.6. The van der Waals surface area contributed by atoms with Crippen molar-refractivity contribution in [3.63, 3.8) is 0 Å². The van der Waals surface area contributed by atoms with Gasteiger partial charge in [-0.15, -0.1) is 0 Å². The van der Waals surface area contributed by atoms with Crippen LogP contribution in [-0.2, 0) is 21.0 Å². The Bertz CT molecular complexity index is 903. The molecule has 0 bridgehead atoms. The second-order valence-electron chi connectivity index (χ2n) is 5.26. The fraction of sp³-hybridized carbons (Fsp3) is 0.118. The van der Waals surface area contributed by atoms with Crippen LogP contribution in [0.1, 0.15) is 28.6 Å². The van der Waals surface area contributed by atoms with E-state index in [-0.39, 0.29) is 5.97 Å². The first-order valence-electron chi connectivity index (χ1n) is 7.00. The molecule has 0 fully saturated rings. The Balaban J connectivity index is 1.68. The molecule has 0 unspecified atom stereocenters. The van der Waals surface area contributed by atoms with Gasteiger partial charge in [0.15, 0.2) is 0 Å². The molecule has 0 spiro atoms. The van der Waals surface area contributed by atoms with Crippen LogP contribution >= 0.6 is 0 Å². The minimum absolute atomic E-state index is 0.310. The maximum Gasteiger partial charge on any atom is 0.367 e. The summed E-state index contributed by atoms with van der Waals surface area (Å²) in [5, 5.41) is 3.61. The quantitative estimate of drug-likeness (QED) is 0.484. The molecule has 0 saturated carbocycles. The molecule has 114 valence electrons. The van der Waals surface area contributed by atoms with Crippen molar-refractivity contribution in [2.75, 3.05) is 0 Å². The topological polar surface area (TPSA) is 78.1 Å². The van der Waals surface area contributed by atoms with Crippen LogP contribution in [-0.4, -0.2) is 17.7 Å². The Kier molecular flexibility index (Phi) is 2.90. The molecule has 1 aromatic carbocycles. The summed E-state index contributed by atoms with van der Waals surface area (Å²) in [6.07, 6.45) is 1.58. The number of rotatable bonds is 2. The average Bonchev–Trinajstić information content (AvgIpc) is 3.24. The number of carbonyl (C=O) groups is 2. The molecular weight excluding hydrogens is 298 g/mol. The molecule has 23 heavy (non-hydrogen) atoms. The number of cyclic esters (lactones) is 1. The predicted octanol–water partition coefficient (Wildman–Crippen LogP) is 2.93. The molecule has 3 heterocycles. The molecule has 0 radical (unpaired) electrons. The Labute approximate surface area is 131 Å². The molecule has 0 atom stereocenters.